The molecule has 4 aliphatic carbocycles. The maximum absolute atomic E-state index is 13.6. The minimum atomic E-state index is -1.35. The fraction of sp³-hybridized carbons (Fsp3) is 0.788. The number of hydrogen-bond donors (Lipinski definition) is 5. The zero-order valence-electron chi connectivity index (χ0n) is 25.5. The molecule has 12 unspecified atom stereocenters. The van der Waals surface area contributed by atoms with Gasteiger partial charge in [-0.2, -0.15) is 0 Å². The van der Waals surface area contributed by atoms with Crippen molar-refractivity contribution in [3.63, 3.8) is 0 Å². The molecule has 5 N–H and O–H groups in total. The molecule has 2 heterocycles. The predicted octanol–water partition coefficient (Wildman–Crippen LogP) is 3.56. The Labute approximate surface area is 247 Å². The molecule has 42 heavy (non-hydrogen) atoms. The third-order valence-corrected chi connectivity index (χ3v) is 12.1. The fourth-order valence-electron chi connectivity index (χ4n) is 9.90. The van der Waals surface area contributed by atoms with E-state index in [0.29, 0.717) is 42.3 Å². The number of aliphatic hydroxyl groups excluding tert-OH is 4. The molecule has 1 aliphatic heterocycles. The van der Waals surface area contributed by atoms with Crippen molar-refractivity contribution >= 4 is 5.78 Å². The molecule has 0 spiro atoms. The number of ketones is 1. The van der Waals surface area contributed by atoms with Crippen molar-refractivity contribution < 1.29 is 44.2 Å². The van der Waals surface area contributed by atoms with Gasteiger partial charge >= 0.3 is 0 Å². The molecule has 1 aromatic heterocycles. The summed E-state index contributed by atoms with van der Waals surface area (Å²) in [5.41, 5.74) is -3.22. The van der Waals surface area contributed by atoms with E-state index >= 15 is 0 Å². The van der Waals surface area contributed by atoms with Gasteiger partial charge in [0.25, 0.3) is 0 Å². The van der Waals surface area contributed by atoms with Gasteiger partial charge in [-0.25, -0.2) is 0 Å². The summed E-state index contributed by atoms with van der Waals surface area (Å²) in [6, 6.07) is 3.46. The average molecular weight is 589 g/mol. The molecule has 0 aromatic carbocycles. The SMILES string of the molecule is CC(C)CCC1OC(c2ccc(CO)o2)OC1(C)C1CCC2(O)C3=CC(=O)C4CC(O)C(O)CC4(C)C3C(O)CC12C. The molecule has 1 saturated heterocycles. The molecular weight excluding hydrogens is 540 g/mol. The number of fused-ring (bicyclic) bond motifs is 5. The average Bonchev–Trinajstić information content (AvgIpc) is 3.59. The maximum Gasteiger partial charge on any atom is 0.218 e. The van der Waals surface area contributed by atoms with E-state index in [1.165, 1.54) is 0 Å². The summed E-state index contributed by atoms with van der Waals surface area (Å²) in [6.45, 7) is 10.1. The molecule has 5 aliphatic rings. The first kappa shape index (κ1) is 30.4. The Morgan fingerprint density at radius 3 is 2.45 bits per heavy atom. The largest absolute Gasteiger partial charge is 0.458 e. The Kier molecular flexibility index (Phi) is 7.41. The van der Waals surface area contributed by atoms with E-state index in [0.717, 1.165) is 12.8 Å². The standard InChI is InChI=1S/C33H48O9/c1-17(2)6-9-27-32(5,42-29(41-27)25-8-7-18(16-34)40-25)26-10-11-33(39)20-13-21(35)19-12-22(36)23(37)14-30(19,3)28(20)24(38)15-31(26,33)4/h7-8,13,17,19,22-24,26-29,34,36-39H,6,9-12,14-16H2,1-5H3. The lowest BCUT2D eigenvalue weighted by Gasteiger charge is -2.62. The quantitative estimate of drug-likeness (QED) is 0.336. The molecule has 4 fully saturated rings. The highest BCUT2D eigenvalue weighted by atomic mass is 16.7. The van der Waals surface area contributed by atoms with E-state index in [4.69, 9.17) is 13.9 Å². The molecule has 0 amide bonds. The van der Waals surface area contributed by atoms with Crippen molar-refractivity contribution in [3.05, 3.63) is 35.3 Å². The Hall–Kier alpha value is -1.59. The zero-order valence-corrected chi connectivity index (χ0v) is 25.5. The Morgan fingerprint density at radius 1 is 1.05 bits per heavy atom. The lowest BCUT2D eigenvalue weighted by Crippen LogP contribution is -2.66. The van der Waals surface area contributed by atoms with Gasteiger partial charge < -0.3 is 39.4 Å². The van der Waals surface area contributed by atoms with Gasteiger partial charge in [0, 0.05) is 17.3 Å². The van der Waals surface area contributed by atoms with Crippen LogP contribution in [0.1, 0.15) is 97.4 Å². The minimum Gasteiger partial charge on any atom is -0.458 e. The van der Waals surface area contributed by atoms with Crippen LogP contribution in [0.3, 0.4) is 0 Å². The fourth-order valence-corrected chi connectivity index (χ4v) is 9.90. The van der Waals surface area contributed by atoms with Gasteiger partial charge in [-0.3, -0.25) is 4.79 Å². The molecule has 12 atom stereocenters. The summed E-state index contributed by atoms with van der Waals surface area (Å²) < 4.78 is 19.1. The molecule has 6 rings (SSSR count). The zero-order chi connectivity index (χ0) is 30.4. The van der Waals surface area contributed by atoms with Gasteiger partial charge in [0.2, 0.25) is 6.29 Å². The van der Waals surface area contributed by atoms with Gasteiger partial charge in [0.15, 0.2) is 11.5 Å². The summed E-state index contributed by atoms with van der Waals surface area (Å²) in [6.07, 6.45) is 1.00. The number of rotatable bonds is 6. The first-order valence-corrected chi connectivity index (χ1v) is 15.7. The van der Waals surface area contributed by atoms with Crippen LogP contribution < -0.4 is 0 Å². The van der Waals surface area contributed by atoms with Crippen LogP contribution in [-0.2, 0) is 20.9 Å². The number of aliphatic hydroxyl groups is 5. The molecule has 1 aromatic rings. The first-order valence-electron chi connectivity index (χ1n) is 15.7. The Morgan fingerprint density at radius 2 is 1.79 bits per heavy atom. The number of carbonyl (C=O) groups is 1. The number of ether oxygens (including phenoxy) is 2. The van der Waals surface area contributed by atoms with Crippen LogP contribution in [0.5, 0.6) is 0 Å². The normalized spacial score (nSPS) is 48.6. The topological polar surface area (TPSA) is 150 Å². The molecule has 0 bridgehead atoms. The van der Waals surface area contributed by atoms with E-state index < -0.39 is 58.5 Å². The summed E-state index contributed by atoms with van der Waals surface area (Å²) in [7, 11) is 0. The van der Waals surface area contributed by atoms with E-state index in [9.17, 15) is 30.3 Å². The van der Waals surface area contributed by atoms with Crippen LogP contribution in [0.2, 0.25) is 0 Å². The summed E-state index contributed by atoms with van der Waals surface area (Å²) in [5, 5.41) is 55.2. The Bertz CT molecular complexity index is 1240. The van der Waals surface area contributed by atoms with Crippen molar-refractivity contribution in [2.24, 2.45) is 34.5 Å². The van der Waals surface area contributed by atoms with E-state index in [1.807, 2.05) is 20.8 Å². The number of furan rings is 1. The third kappa shape index (κ3) is 4.25. The highest BCUT2D eigenvalue weighted by Crippen LogP contribution is 2.70. The van der Waals surface area contributed by atoms with Crippen LogP contribution in [-0.4, -0.2) is 66.9 Å². The van der Waals surface area contributed by atoms with Crippen molar-refractivity contribution in [1.82, 2.24) is 0 Å². The molecule has 234 valence electrons. The maximum atomic E-state index is 13.6. The molecule has 9 nitrogen and oxygen atoms in total. The van der Waals surface area contributed by atoms with Gasteiger partial charge in [-0.15, -0.1) is 0 Å². The van der Waals surface area contributed by atoms with Crippen LogP contribution in [0, 0.1) is 34.5 Å². The summed E-state index contributed by atoms with van der Waals surface area (Å²) in [4.78, 5) is 13.6. The van der Waals surface area contributed by atoms with Crippen molar-refractivity contribution in [1.29, 1.82) is 0 Å². The van der Waals surface area contributed by atoms with Crippen LogP contribution in [0.25, 0.3) is 0 Å². The lowest BCUT2D eigenvalue weighted by atomic mass is 9.44. The molecule has 0 radical (unpaired) electrons. The first-order chi connectivity index (χ1) is 19.7. The number of carbonyl (C=O) groups excluding carboxylic acids is 1. The number of hydrogen-bond acceptors (Lipinski definition) is 9. The van der Waals surface area contributed by atoms with Gasteiger partial charge in [0.05, 0.1) is 35.6 Å². The smallest absolute Gasteiger partial charge is 0.218 e. The van der Waals surface area contributed by atoms with E-state index in [-0.39, 0.29) is 37.3 Å². The molecular formula is C33H48O9. The van der Waals surface area contributed by atoms with Crippen molar-refractivity contribution in [3.8, 4) is 0 Å². The van der Waals surface area contributed by atoms with Crippen LogP contribution in [0.4, 0.5) is 0 Å². The van der Waals surface area contributed by atoms with Crippen LogP contribution >= 0.6 is 0 Å². The summed E-state index contributed by atoms with van der Waals surface area (Å²) in [5.74, 6) is -0.0240. The monoisotopic (exact) mass is 588 g/mol. The van der Waals surface area contributed by atoms with E-state index in [1.54, 1.807) is 18.2 Å². The van der Waals surface area contributed by atoms with Crippen molar-refractivity contribution in [2.75, 3.05) is 0 Å². The highest BCUT2D eigenvalue weighted by molar-refractivity contribution is 5.95. The van der Waals surface area contributed by atoms with Gasteiger partial charge in [0.1, 0.15) is 12.4 Å². The predicted molar refractivity (Wildman–Crippen MR) is 152 cm³/mol. The van der Waals surface area contributed by atoms with Crippen LogP contribution in [0.15, 0.2) is 28.2 Å². The van der Waals surface area contributed by atoms with E-state index in [2.05, 4.69) is 13.8 Å². The lowest BCUT2D eigenvalue weighted by molar-refractivity contribution is -0.191. The van der Waals surface area contributed by atoms with Gasteiger partial charge in [-0.1, -0.05) is 27.7 Å². The highest BCUT2D eigenvalue weighted by Gasteiger charge is 2.72. The number of allylic oxidation sites excluding steroid dienone is 1. The molecule has 9 heteroatoms. The second-order valence-electron chi connectivity index (χ2n) is 14.9. The van der Waals surface area contributed by atoms with Gasteiger partial charge in [-0.05, 0) is 92.9 Å². The third-order valence-electron chi connectivity index (χ3n) is 12.1. The second-order valence-corrected chi connectivity index (χ2v) is 14.9. The second kappa shape index (κ2) is 10.2. The van der Waals surface area contributed by atoms with Crippen molar-refractivity contribution in [2.45, 2.75) is 128 Å². The minimum absolute atomic E-state index is 0.148. The molecule has 3 saturated carbocycles. The Balaban J connectivity index is 1.38. The summed E-state index contributed by atoms with van der Waals surface area (Å²) >= 11 is 0.